The largest absolute Gasteiger partial charge is 0.247 e. The van der Waals surface area contributed by atoms with Gasteiger partial charge in [-0.05, 0) is 63.1 Å². The summed E-state index contributed by atoms with van der Waals surface area (Å²) in [7, 11) is 0. The van der Waals surface area contributed by atoms with E-state index in [9.17, 15) is 4.39 Å². The summed E-state index contributed by atoms with van der Waals surface area (Å²) in [6.45, 7) is 4.61. The molecule has 20 heavy (non-hydrogen) atoms. The molecule has 1 aromatic rings. The van der Waals surface area contributed by atoms with Crippen LogP contribution in [0.5, 0.6) is 0 Å². The molecule has 0 spiro atoms. The van der Waals surface area contributed by atoms with E-state index in [-0.39, 0.29) is 5.82 Å². The summed E-state index contributed by atoms with van der Waals surface area (Å²) in [5.74, 6) is 0.560. The third-order valence-electron chi connectivity index (χ3n) is 4.80. The Labute approximate surface area is 121 Å². The van der Waals surface area contributed by atoms with Crippen molar-refractivity contribution in [2.45, 2.75) is 64.1 Å². The normalized spacial score (nSPS) is 29.4. The Bertz CT molecular complexity index is 431. The molecule has 1 aliphatic heterocycles. The zero-order chi connectivity index (χ0) is 14.1. The van der Waals surface area contributed by atoms with Crippen LogP contribution in [-0.4, -0.2) is 17.1 Å². The van der Waals surface area contributed by atoms with Crippen molar-refractivity contribution in [3.63, 3.8) is 0 Å². The highest BCUT2D eigenvalue weighted by Gasteiger charge is 2.35. The van der Waals surface area contributed by atoms with E-state index in [4.69, 9.17) is 0 Å². The summed E-state index contributed by atoms with van der Waals surface area (Å²) in [5, 5.41) is 2.44. The van der Waals surface area contributed by atoms with Crippen LogP contribution in [0.25, 0.3) is 0 Å². The number of hydrogen-bond donors (Lipinski definition) is 1. The Morgan fingerprint density at radius 3 is 2.20 bits per heavy atom. The Kier molecular flexibility index (Phi) is 4.08. The molecule has 3 atom stereocenters. The molecule has 1 aromatic carbocycles. The molecule has 1 heterocycles. The molecule has 0 aromatic heterocycles. The van der Waals surface area contributed by atoms with Crippen molar-refractivity contribution >= 4 is 0 Å². The molecule has 2 fully saturated rings. The predicted octanol–water partition coefficient (Wildman–Crippen LogP) is 4.04. The van der Waals surface area contributed by atoms with Gasteiger partial charge in [-0.3, -0.25) is 0 Å². The van der Waals surface area contributed by atoms with Gasteiger partial charge in [-0.15, -0.1) is 0 Å². The topological polar surface area (TPSA) is 15.3 Å². The highest BCUT2D eigenvalue weighted by atomic mass is 19.1. The van der Waals surface area contributed by atoms with Crippen LogP contribution in [-0.2, 0) is 0 Å². The number of hydrogen-bond acceptors (Lipinski definition) is 2. The summed E-state index contributed by atoms with van der Waals surface area (Å²) in [4.78, 5) is 0. The first-order valence-electron chi connectivity index (χ1n) is 7.95. The van der Waals surface area contributed by atoms with Crippen LogP contribution in [0.3, 0.4) is 0 Å². The first-order valence-corrected chi connectivity index (χ1v) is 7.95. The molecule has 2 nitrogen and oxygen atoms in total. The van der Waals surface area contributed by atoms with Gasteiger partial charge in [0.05, 0.1) is 0 Å². The maximum absolute atomic E-state index is 13.1. The number of benzene rings is 1. The number of piperidine rings is 1. The summed E-state index contributed by atoms with van der Waals surface area (Å²) < 4.78 is 13.1. The molecule has 1 saturated heterocycles. The first kappa shape index (κ1) is 14.0. The van der Waals surface area contributed by atoms with E-state index in [0.29, 0.717) is 24.0 Å². The molecule has 1 N–H and O–H groups in total. The van der Waals surface area contributed by atoms with E-state index in [2.05, 4.69) is 24.3 Å². The Balaban J connectivity index is 1.75. The maximum atomic E-state index is 13.1. The van der Waals surface area contributed by atoms with Crippen molar-refractivity contribution in [3.8, 4) is 0 Å². The summed E-state index contributed by atoms with van der Waals surface area (Å²) in [5.41, 5.74) is 4.99. The van der Waals surface area contributed by atoms with Gasteiger partial charge in [0.25, 0.3) is 0 Å². The number of nitrogens with zero attached hydrogens (tertiary/aromatic N) is 1. The van der Waals surface area contributed by atoms with Crippen molar-refractivity contribution in [1.82, 2.24) is 10.4 Å². The molecular weight excluding hydrogens is 251 g/mol. The zero-order valence-corrected chi connectivity index (χ0v) is 12.5. The van der Waals surface area contributed by atoms with Crippen molar-refractivity contribution in [2.75, 3.05) is 0 Å². The fourth-order valence-electron chi connectivity index (χ4n) is 3.39. The van der Waals surface area contributed by atoms with E-state index in [1.807, 2.05) is 12.1 Å². The quantitative estimate of drug-likeness (QED) is 0.892. The predicted molar refractivity (Wildman–Crippen MR) is 79.6 cm³/mol. The van der Waals surface area contributed by atoms with E-state index >= 15 is 0 Å². The third kappa shape index (κ3) is 3.04. The van der Waals surface area contributed by atoms with E-state index in [1.165, 1.54) is 37.7 Å². The number of nitrogens with one attached hydrogen (secondary N) is 1. The highest BCUT2D eigenvalue weighted by molar-refractivity contribution is 5.22. The van der Waals surface area contributed by atoms with Crippen molar-refractivity contribution in [3.05, 3.63) is 35.6 Å². The molecule has 3 unspecified atom stereocenters. The number of hydrazine groups is 1. The average molecular weight is 276 g/mol. The second-order valence-electron chi connectivity index (χ2n) is 6.53. The SMILES string of the molecule is CC1CCCC(C)N1NC(c1ccc(F)cc1)C1CC1. The summed E-state index contributed by atoms with van der Waals surface area (Å²) in [6, 6.07) is 8.54. The zero-order valence-electron chi connectivity index (χ0n) is 12.5. The van der Waals surface area contributed by atoms with Crippen LogP contribution in [0.1, 0.15) is 57.6 Å². The summed E-state index contributed by atoms with van der Waals surface area (Å²) >= 11 is 0. The lowest BCUT2D eigenvalue weighted by Crippen LogP contribution is -2.53. The van der Waals surface area contributed by atoms with Gasteiger partial charge in [0.2, 0.25) is 0 Å². The van der Waals surface area contributed by atoms with Gasteiger partial charge in [-0.1, -0.05) is 18.6 Å². The number of halogens is 1. The molecule has 0 bridgehead atoms. The lowest BCUT2D eigenvalue weighted by Gasteiger charge is -2.41. The van der Waals surface area contributed by atoms with E-state index in [0.717, 1.165) is 0 Å². The van der Waals surface area contributed by atoms with Crippen LogP contribution < -0.4 is 5.43 Å². The van der Waals surface area contributed by atoms with Crippen molar-refractivity contribution < 1.29 is 4.39 Å². The molecule has 2 aliphatic rings. The minimum Gasteiger partial charge on any atom is -0.247 e. The third-order valence-corrected chi connectivity index (χ3v) is 4.80. The molecular formula is C17H25FN2. The molecule has 3 heteroatoms. The standard InChI is InChI=1S/C17H25FN2/c1-12-4-3-5-13(2)20(12)19-17(14-6-7-14)15-8-10-16(18)11-9-15/h8-14,17,19H,3-7H2,1-2H3. The van der Waals surface area contributed by atoms with Gasteiger partial charge in [0, 0.05) is 18.1 Å². The van der Waals surface area contributed by atoms with Crippen molar-refractivity contribution in [1.29, 1.82) is 0 Å². The molecule has 0 radical (unpaired) electrons. The van der Waals surface area contributed by atoms with E-state index < -0.39 is 0 Å². The number of rotatable bonds is 4. The molecule has 1 aliphatic carbocycles. The minimum absolute atomic E-state index is 0.150. The molecule has 110 valence electrons. The fraction of sp³-hybridized carbons (Fsp3) is 0.647. The Hall–Kier alpha value is -0.930. The summed E-state index contributed by atoms with van der Waals surface area (Å²) in [6.07, 6.45) is 6.42. The Morgan fingerprint density at radius 2 is 1.65 bits per heavy atom. The lowest BCUT2D eigenvalue weighted by atomic mass is 9.98. The minimum atomic E-state index is -0.150. The van der Waals surface area contributed by atoms with Gasteiger partial charge in [0.1, 0.15) is 5.82 Å². The van der Waals surface area contributed by atoms with Gasteiger partial charge < -0.3 is 0 Å². The Morgan fingerprint density at radius 1 is 1.05 bits per heavy atom. The van der Waals surface area contributed by atoms with Crippen molar-refractivity contribution in [2.24, 2.45) is 5.92 Å². The molecule has 0 amide bonds. The van der Waals surface area contributed by atoms with Gasteiger partial charge in [-0.25, -0.2) is 14.8 Å². The van der Waals surface area contributed by atoms with Gasteiger partial charge in [-0.2, -0.15) is 0 Å². The molecule has 1 saturated carbocycles. The highest BCUT2D eigenvalue weighted by Crippen LogP contribution is 2.41. The lowest BCUT2D eigenvalue weighted by molar-refractivity contribution is 0.0251. The maximum Gasteiger partial charge on any atom is 0.123 e. The van der Waals surface area contributed by atoms with Crippen LogP contribution in [0.2, 0.25) is 0 Å². The first-order chi connectivity index (χ1) is 9.65. The molecule has 3 rings (SSSR count). The smallest absolute Gasteiger partial charge is 0.123 e. The van der Waals surface area contributed by atoms with Gasteiger partial charge in [0.15, 0.2) is 0 Å². The van der Waals surface area contributed by atoms with Crippen LogP contribution >= 0.6 is 0 Å². The van der Waals surface area contributed by atoms with E-state index in [1.54, 1.807) is 12.1 Å². The monoisotopic (exact) mass is 276 g/mol. The second kappa shape index (κ2) is 5.82. The van der Waals surface area contributed by atoms with Crippen LogP contribution in [0.4, 0.5) is 4.39 Å². The van der Waals surface area contributed by atoms with Crippen LogP contribution in [0, 0.1) is 11.7 Å². The average Bonchev–Trinajstić information content (AvgIpc) is 3.24. The van der Waals surface area contributed by atoms with Crippen LogP contribution in [0.15, 0.2) is 24.3 Å². The fourth-order valence-corrected chi connectivity index (χ4v) is 3.39. The van der Waals surface area contributed by atoms with Gasteiger partial charge >= 0.3 is 0 Å². The second-order valence-corrected chi connectivity index (χ2v) is 6.53.